The number of hydrogen-bond donors (Lipinski definition) is 2. The maximum absolute atomic E-state index is 11.0. The Hall–Kier alpha value is -0.810. The number of nitrogens with one attached hydrogen (secondary N) is 1. The van der Waals surface area contributed by atoms with Crippen molar-refractivity contribution in [3.8, 4) is 0 Å². The average Bonchev–Trinajstić information content (AvgIpc) is 2.57. The molecule has 0 bridgehead atoms. The third kappa shape index (κ3) is 4.10. The van der Waals surface area contributed by atoms with Crippen molar-refractivity contribution in [3.05, 3.63) is 0 Å². The van der Waals surface area contributed by atoms with Crippen LogP contribution in [-0.4, -0.2) is 38.5 Å². The molecule has 0 saturated carbocycles. The van der Waals surface area contributed by atoms with E-state index in [0.29, 0.717) is 32.8 Å². The minimum absolute atomic E-state index is 0.116. The van der Waals surface area contributed by atoms with Crippen molar-refractivity contribution in [1.29, 1.82) is 0 Å². The zero-order valence-electron chi connectivity index (χ0n) is 7.62. The van der Waals surface area contributed by atoms with Gasteiger partial charge in [0.25, 0.3) is 0 Å². The second-order valence-corrected chi connectivity index (χ2v) is 2.98. The first-order chi connectivity index (χ1) is 6.33. The molecule has 0 aliphatic carbocycles. The van der Waals surface area contributed by atoms with E-state index >= 15 is 0 Å². The molecule has 1 atom stereocenters. The highest BCUT2D eigenvalue weighted by molar-refractivity contribution is 5.67. The Labute approximate surface area is 77.6 Å². The quantitative estimate of drug-likeness (QED) is 0.602. The number of rotatable bonds is 4. The molecule has 1 aliphatic heterocycles. The molecular formula is C8H16N2O3. The SMILES string of the molecule is NCCCOC(=O)NC1CCOC1. The van der Waals surface area contributed by atoms with Gasteiger partial charge in [-0.3, -0.25) is 0 Å². The van der Waals surface area contributed by atoms with Gasteiger partial charge < -0.3 is 20.5 Å². The molecule has 3 N–H and O–H groups in total. The van der Waals surface area contributed by atoms with Gasteiger partial charge in [-0.15, -0.1) is 0 Å². The Morgan fingerprint density at radius 2 is 2.54 bits per heavy atom. The van der Waals surface area contributed by atoms with Gasteiger partial charge in [0.2, 0.25) is 0 Å². The Kier molecular flexibility index (Phi) is 4.56. The smallest absolute Gasteiger partial charge is 0.407 e. The lowest BCUT2D eigenvalue weighted by Gasteiger charge is -2.10. The van der Waals surface area contributed by atoms with Crippen molar-refractivity contribution >= 4 is 6.09 Å². The van der Waals surface area contributed by atoms with Crippen LogP contribution in [0, 0.1) is 0 Å². The third-order valence-corrected chi connectivity index (χ3v) is 1.83. The van der Waals surface area contributed by atoms with Gasteiger partial charge >= 0.3 is 6.09 Å². The van der Waals surface area contributed by atoms with Crippen molar-refractivity contribution in [2.24, 2.45) is 5.73 Å². The van der Waals surface area contributed by atoms with Crippen LogP contribution in [-0.2, 0) is 9.47 Å². The first kappa shape index (κ1) is 10.3. The molecule has 1 unspecified atom stereocenters. The van der Waals surface area contributed by atoms with Gasteiger partial charge in [-0.25, -0.2) is 4.79 Å². The van der Waals surface area contributed by atoms with Crippen LogP contribution in [0.15, 0.2) is 0 Å². The minimum atomic E-state index is -0.371. The standard InChI is InChI=1S/C8H16N2O3/c9-3-1-4-13-8(11)10-7-2-5-12-6-7/h7H,1-6,9H2,(H,10,11). The molecule has 5 heteroatoms. The minimum Gasteiger partial charge on any atom is -0.450 e. The highest BCUT2D eigenvalue weighted by atomic mass is 16.5. The summed E-state index contributed by atoms with van der Waals surface area (Å²) < 4.78 is 9.95. The molecule has 1 aliphatic rings. The Bertz CT molecular complexity index is 157. The number of alkyl carbamates (subject to hydrolysis) is 1. The van der Waals surface area contributed by atoms with E-state index in [2.05, 4.69) is 5.32 Å². The number of carbonyl (C=O) groups is 1. The molecule has 13 heavy (non-hydrogen) atoms. The fourth-order valence-corrected chi connectivity index (χ4v) is 1.10. The molecule has 0 aromatic heterocycles. The van der Waals surface area contributed by atoms with Crippen LogP contribution < -0.4 is 11.1 Å². The molecule has 76 valence electrons. The van der Waals surface area contributed by atoms with E-state index in [4.69, 9.17) is 15.2 Å². The zero-order chi connectivity index (χ0) is 9.52. The molecule has 1 amide bonds. The van der Waals surface area contributed by atoms with Crippen molar-refractivity contribution < 1.29 is 14.3 Å². The summed E-state index contributed by atoms with van der Waals surface area (Å²) in [5.74, 6) is 0. The van der Waals surface area contributed by atoms with Crippen LogP contribution in [0.5, 0.6) is 0 Å². The van der Waals surface area contributed by atoms with Gasteiger partial charge in [0, 0.05) is 6.61 Å². The summed E-state index contributed by atoms with van der Waals surface area (Å²) in [5, 5.41) is 2.71. The number of carbonyl (C=O) groups excluding carboxylic acids is 1. The number of amides is 1. The van der Waals surface area contributed by atoms with Gasteiger partial charge in [0.05, 0.1) is 19.3 Å². The molecule has 5 nitrogen and oxygen atoms in total. The van der Waals surface area contributed by atoms with Crippen LogP contribution in [0.25, 0.3) is 0 Å². The summed E-state index contributed by atoms with van der Waals surface area (Å²) in [6.07, 6.45) is 1.20. The Balaban J connectivity index is 2.02. The largest absolute Gasteiger partial charge is 0.450 e. The van der Waals surface area contributed by atoms with E-state index in [0.717, 1.165) is 6.42 Å². The molecular weight excluding hydrogens is 172 g/mol. The summed E-state index contributed by atoms with van der Waals surface area (Å²) in [5.41, 5.74) is 5.25. The van der Waals surface area contributed by atoms with Crippen molar-refractivity contribution in [2.45, 2.75) is 18.9 Å². The topological polar surface area (TPSA) is 73.6 Å². The molecule has 0 spiro atoms. The van der Waals surface area contributed by atoms with Crippen molar-refractivity contribution in [1.82, 2.24) is 5.32 Å². The lowest BCUT2D eigenvalue weighted by atomic mass is 10.3. The lowest BCUT2D eigenvalue weighted by molar-refractivity contribution is 0.138. The van der Waals surface area contributed by atoms with Crippen LogP contribution in [0.1, 0.15) is 12.8 Å². The molecule has 1 rings (SSSR count). The summed E-state index contributed by atoms with van der Waals surface area (Å²) in [6.45, 7) is 2.23. The third-order valence-electron chi connectivity index (χ3n) is 1.83. The van der Waals surface area contributed by atoms with Crippen LogP contribution in [0.4, 0.5) is 4.79 Å². The molecule has 0 radical (unpaired) electrons. The normalized spacial score (nSPS) is 21.5. The van der Waals surface area contributed by atoms with Gasteiger partial charge in [-0.05, 0) is 19.4 Å². The van der Waals surface area contributed by atoms with Gasteiger partial charge in [-0.2, -0.15) is 0 Å². The van der Waals surface area contributed by atoms with Crippen molar-refractivity contribution in [2.75, 3.05) is 26.4 Å². The van der Waals surface area contributed by atoms with Crippen molar-refractivity contribution in [3.63, 3.8) is 0 Å². The van der Waals surface area contributed by atoms with Gasteiger partial charge in [-0.1, -0.05) is 0 Å². The van der Waals surface area contributed by atoms with Gasteiger partial charge in [0.1, 0.15) is 0 Å². The maximum Gasteiger partial charge on any atom is 0.407 e. The van der Waals surface area contributed by atoms with E-state index in [1.54, 1.807) is 0 Å². The molecule has 0 aromatic carbocycles. The summed E-state index contributed by atoms with van der Waals surface area (Å²) in [4.78, 5) is 11.0. The first-order valence-corrected chi connectivity index (χ1v) is 4.54. The van der Waals surface area contributed by atoms with E-state index in [1.807, 2.05) is 0 Å². The zero-order valence-corrected chi connectivity index (χ0v) is 7.62. The van der Waals surface area contributed by atoms with E-state index in [-0.39, 0.29) is 12.1 Å². The lowest BCUT2D eigenvalue weighted by Crippen LogP contribution is -2.35. The molecule has 1 fully saturated rings. The molecule has 0 aromatic rings. The van der Waals surface area contributed by atoms with Crippen LogP contribution >= 0.6 is 0 Å². The fraction of sp³-hybridized carbons (Fsp3) is 0.875. The molecule has 1 heterocycles. The maximum atomic E-state index is 11.0. The van der Waals surface area contributed by atoms with Crippen LogP contribution in [0.2, 0.25) is 0 Å². The Morgan fingerprint density at radius 1 is 1.69 bits per heavy atom. The van der Waals surface area contributed by atoms with Crippen LogP contribution in [0.3, 0.4) is 0 Å². The summed E-state index contributed by atoms with van der Waals surface area (Å²) in [6, 6.07) is 0.116. The number of hydrogen-bond acceptors (Lipinski definition) is 4. The summed E-state index contributed by atoms with van der Waals surface area (Å²) in [7, 11) is 0. The van der Waals surface area contributed by atoms with E-state index < -0.39 is 0 Å². The van der Waals surface area contributed by atoms with Gasteiger partial charge in [0.15, 0.2) is 0 Å². The predicted octanol–water partition coefficient (Wildman–Crippen LogP) is -0.150. The highest BCUT2D eigenvalue weighted by Crippen LogP contribution is 2.03. The highest BCUT2D eigenvalue weighted by Gasteiger charge is 2.17. The first-order valence-electron chi connectivity index (χ1n) is 4.54. The second-order valence-electron chi connectivity index (χ2n) is 2.98. The monoisotopic (exact) mass is 188 g/mol. The number of ether oxygens (including phenoxy) is 2. The Morgan fingerprint density at radius 3 is 3.15 bits per heavy atom. The average molecular weight is 188 g/mol. The van der Waals surface area contributed by atoms with E-state index in [9.17, 15) is 4.79 Å². The molecule has 1 saturated heterocycles. The summed E-state index contributed by atoms with van der Waals surface area (Å²) >= 11 is 0. The number of nitrogens with two attached hydrogens (primary N) is 1. The van der Waals surface area contributed by atoms with E-state index in [1.165, 1.54) is 0 Å². The predicted molar refractivity (Wildman–Crippen MR) is 47.4 cm³/mol. The fourth-order valence-electron chi connectivity index (χ4n) is 1.10. The second kappa shape index (κ2) is 5.77.